The smallest absolute Gasteiger partial charge is 0.120 e. The van der Waals surface area contributed by atoms with E-state index in [1.165, 1.54) is 4.70 Å². The molecule has 0 aliphatic carbocycles. The molecular weight excluding hydrogens is 214 g/mol. The topological polar surface area (TPSA) is 22.1 Å². The lowest BCUT2D eigenvalue weighted by atomic mass is 10.3. The van der Waals surface area contributed by atoms with Crippen LogP contribution in [-0.4, -0.2) is 23.6 Å². The monoisotopic (exact) mass is 225 g/mol. The van der Waals surface area contributed by atoms with Crippen LogP contribution in [0.1, 0.15) is 0 Å². The SMILES string of the molecule is CSCCOc1ccc2ncsc2c1. The van der Waals surface area contributed by atoms with Crippen molar-refractivity contribution in [3.63, 3.8) is 0 Å². The fourth-order valence-corrected chi connectivity index (χ4v) is 2.12. The van der Waals surface area contributed by atoms with Crippen molar-refractivity contribution < 1.29 is 4.74 Å². The van der Waals surface area contributed by atoms with E-state index in [1.54, 1.807) is 23.1 Å². The molecule has 0 amide bonds. The molecule has 0 bridgehead atoms. The summed E-state index contributed by atoms with van der Waals surface area (Å²) in [6, 6.07) is 6.02. The van der Waals surface area contributed by atoms with Gasteiger partial charge in [-0.3, -0.25) is 0 Å². The summed E-state index contributed by atoms with van der Waals surface area (Å²) in [6.07, 6.45) is 2.08. The minimum atomic E-state index is 0.769. The Hall–Kier alpha value is -0.740. The van der Waals surface area contributed by atoms with Crippen molar-refractivity contribution in [1.29, 1.82) is 0 Å². The van der Waals surface area contributed by atoms with Gasteiger partial charge in [0.15, 0.2) is 0 Å². The van der Waals surface area contributed by atoms with Crippen LogP contribution in [0.2, 0.25) is 0 Å². The number of aromatic nitrogens is 1. The molecule has 0 spiro atoms. The van der Waals surface area contributed by atoms with E-state index in [0.717, 1.165) is 23.6 Å². The van der Waals surface area contributed by atoms with Gasteiger partial charge in [0.1, 0.15) is 5.75 Å². The predicted molar refractivity (Wildman–Crippen MR) is 63.5 cm³/mol. The fraction of sp³-hybridized carbons (Fsp3) is 0.300. The summed E-state index contributed by atoms with van der Waals surface area (Å²) < 4.78 is 6.77. The molecule has 0 saturated heterocycles. The van der Waals surface area contributed by atoms with E-state index in [4.69, 9.17) is 4.74 Å². The molecule has 74 valence electrons. The molecular formula is C10H11NOS2. The number of ether oxygens (including phenoxy) is 1. The summed E-state index contributed by atoms with van der Waals surface area (Å²) in [6.45, 7) is 0.769. The molecule has 2 nitrogen and oxygen atoms in total. The van der Waals surface area contributed by atoms with Gasteiger partial charge in [0.2, 0.25) is 0 Å². The first-order chi connectivity index (χ1) is 6.90. The third-order valence-electron chi connectivity index (χ3n) is 1.86. The van der Waals surface area contributed by atoms with Gasteiger partial charge in [0, 0.05) is 5.75 Å². The maximum Gasteiger partial charge on any atom is 0.120 e. The van der Waals surface area contributed by atoms with Crippen LogP contribution in [0.4, 0.5) is 0 Å². The lowest BCUT2D eigenvalue weighted by molar-refractivity contribution is 0.344. The van der Waals surface area contributed by atoms with Crippen LogP contribution in [-0.2, 0) is 0 Å². The summed E-state index contributed by atoms with van der Waals surface area (Å²) in [7, 11) is 0. The van der Waals surface area contributed by atoms with Crippen LogP contribution in [0.3, 0.4) is 0 Å². The highest BCUT2D eigenvalue weighted by atomic mass is 32.2. The molecule has 1 aromatic heterocycles. The normalized spacial score (nSPS) is 10.6. The molecule has 0 N–H and O–H groups in total. The van der Waals surface area contributed by atoms with E-state index in [9.17, 15) is 0 Å². The summed E-state index contributed by atoms with van der Waals surface area (Å²) in [5.74, 6) is 1.97. The Kier molecular flexibility index (Phi) is 3.26. The summed E-state index contributed by atoms with van der Waals surface area (Å²) >= 11 is 3.44. The lowest BCUT2D eigenvalue weighted by Crippen LogP contribution is -1.98. The van der Waals surface area contributed by atoms with Gasteiger partial charge in [-0.05, 0) is 24.5 Å². The van der Waals surface area contributed by atoms with E-state index in [1.807, 2.05) is 23.7 Å². The van der Waals surface area contributed by atoms with Gasteiger partial charge in [-0.25, -0.2) is 4.98 Å². The minimum Gasteiger partial charge on any atom is -0.493 e. The van der Waals surface area contributed by atoms with Gasteiger partial charge in [0.25, 0.3) is 0 Å². The Morgan fingerprint density at radius 1 is 1.50 bits per heavy atom. The predicted octanol–water partition coefficient (Wildman–Crippen LogP) is 3.04. The molecule has 0 atom stereocenters. The minimum absolute atomic E-state index is 0.769. The number of hydrogen-bond donors (Lipinski definition) is 0. The number of fused-ring (bicyclic) bond motifs is 1. The number of benzene rings is 1. The van der Waals surface area contributed by atoms with Crippen molar-refractivity contribution in [3.8, 4) is 5.75 Å². The van der Waals surface area contributed by atoms with E-state index in [2.05, 4.69) is 11.2 Å². The maximum absolute atomic E-state index is 5.58. The summed E-state index contributed by atoms with van der Waals surface area (Å²) in [4.78, 5) is 4.22. The average Bonchev–Trinajstić information content (AvgIpc) is 2.65. The van der Waals surface area contributed by atoms with Crippen molar-refractivity contribution in [1.82, 2.24) is 4.98 Å². The first kappa shape index (κ1) is 9.80. The van der Waals surface area contributed by atoms with Crippen LogP contribution in [0.15, 0.2) is 23.7 Å². The second kappa shape index (κ2) is 4.66. The van der Waals surface area contributed by atoms with Crippen molar-refractivity contribution in [2.24, 2.45) is 0 Å². The van der Waals surface area contributed by atoms with Crippen molar-refractivity contribution in [2.45, 2.75) is 0 Å². The standard InChI is InChI=1S/C10H11NOS2/c1-13-5-4-12-8-2-3-9-10(6-8)14-7-11-9/h2-3,6-7H,4-5H2,1H3. The molecule has 0 saturated carbocycles. The number of rotatable bonds is 4. The Bertz CT molecular complexity index is 413. The van der Waals surface area contributed by atoms with E-state index < -0.39 is 0 Å². The zero-order valence-corrected chi connectivity index (χ0v) is 9.53. The maximum atomic E-state index is 5.58. The molecule has 2 rings (SSSR count). The summed E-state index contributed by atoms with van der Waals surface area (Å²) in [5.41, 5.74) is 2.91. The number of thiazole rings is 1. The third kappa shape index (κ3) is 2.19. The van der Waals surface area contributed by atoms with Crippen LogP contribution >= 0.6 is 23.1 Å². The largest absolute Gasteiger partial charge is 0.493 e. The van der Waals surface area contributed by atoms with Crippen LogP contribution in [0, 0.1) is 0 Å². The molecule has 0 aliphatic heterocycles. The number of nitrogens with zero attached hydrogens (tertiary/aromatic N) is 1. The Labute approximate surface area is 91.3 Å². The van der Waals surface area contributed by atoms with Crippen LogP contribution in [0.5, 0.6) is 5.75 Å². The highest BCUT2D eigenvalue weighted by molar-refractivity contribution is 7.98. The first-order valence-corrected chi connectivity index (χ1v) is 6.62. The lowest BCUT2D eigenvalue weighted by Gasteiger charge is -2.03. The first-order valence-electron chi connectivity index (χ1n) is 4.35. The molecule has 0 unspecified atom stereocenters. The molecule has 4 heteroatoms. The summed E-state index contributed by atoms with van der Waals surface area (Å²) in [5, 5.41) is 0. The average molecular weight is 225 g/mol. The van der Waals surface area contributed by atoms with Crippen molar-refractivity contribution in [2.75, 3.05) is 18.6 Å². The van der Waals surface area contributed by atoms with Gasteiger partial charge >= 0.3 is 0 Å². The van der Waals surface area contributed by atoms with E-state index >= 15 is 0 Å². The highest BCUT2D eigenvalue weighted by Crippen LogP contribution is 2.23. The number of thioether (sulfide) groups is 1. The molecule has 0 aliphatic rings. The van der Waals surface area contributed by atoms with E-state index in [0.29, 0.717) is 0 Å². The quantitative estimate of drug-likeness (QED) is 0.747. The molecule has 0 radical (unpaired) electrons. The van der Waals surface area contributed by atoms with Crippen molar-refractivity contribution in [3.05, 3.63) is 23.7 Å². The van der Waals surface area contributed by atoms with Gasteiger partial charge in [-0.1, -0.05) is 0 Å². The Morgan fingerprint density at radius 3 is 3.29 bits per heavy atom. The molecule has 2 aromatic rings. The second-order valence-electron chi connectivity index (χ2n) is 2.82. The fourth-order valence-electron chi connectivity index (χ4n) is 1.17. The molecule has 14 heavy (non-hydrogen) atoms. The molecule has 1 heterocycles. The zero-order valence-electron chi connectivity index (χ0n) is 7.90. The third-order valence-corrected chi connectivity index (χ3v) is 3.23. The number of hydrogen-bond acceptors (Lipinski definition) is 4. The molecule has 1 aromatic carbocycles. The Morgan fingerprint density at radius 2 is 2.43 bits per heavy atom. The van der Waals surface area contributed by atoms with Gasteiger partial charge < -0.3 is 4.74 Å². The molecule has 0 fully saturated rings. The van der Waals surface area contributed by atoms with E-state index in [-0.39, 0.29) is 0 Å². The Balaban J connectivity index is 2.10. The van der Waals surface area contributed by atoms with Crippen LogP contribution < -0.4 is 4.74 Å². The highest BCUT2D eigenvalue weighted by Gasteiger charge is 1.98. The van der Waals surface area contributed by atoms with Gasteiger partial charge in [0.05, 0.1) is 22.3 Å². The van der Waals surface area contributed by atoms with Crippen molar-refractivity contribution >= 4 is 33.3 Å². The zero-order chi connectivity index (χ0) is 9.80. The van der Waals surface area contributed by atoms with Gasteiger partial charge in [-0.15, -0.1) is 11.3 Å². The van der Waals surface area contributed by atoms with Crippen LogP contribution in [0.25, 0.3) is 10.2 Å². The van der Waals surface area contributed by atoms with Gasteiger partial charge in [-0.2, -0.15) is 11.8 Å². The second-order valence-corrected chi connectivity index (χ2v) is 4.70.